The Morgan fingerprint density at radius 1 is 1.35 bits per heavy atom. The summed E-state index contributed by atoms with van der Waals surface area (Å²) < 4.78 is 1.88. The minimum atomic E-state index is -0.0257. The molecule has 20 heavy (non-hydrogen) atoms. The van der Waals surface area contributed by atoms with Crippen molar-refractivity contribution in [1.29, 1.82) is 0 Å². The summed E-state index contributed by atoms with van der Waals surface area (Å²) in [6.07, 6.45) is 6.81. The molecule has 0 saturated carbocycles. The number of nitrogen functional groups attached to an aromatic ring is 1. The lowest BCUT2D eigenvalue weighted by Crippen LogP contribution is -2.33. The zero-order valence-electron chi connectivity index (χ0n) is 12.4. The first-order valence-electron chi connectivity index (χ1n) is 7.67. The summed E-state index contributed by atoms with van der Waals surface area (Å²) in [5.74, 6) is -0.0257. The van der Waals surface area contributed by atoms with Crippen LogP contribution >= 0.6 is 0 Å². The molecule has 3 N–H and O–H groups in total. The molecule has 1 aliphatic heterocycles. The van der Waals surface area contributed by atoms with Crippen LogP contribution in [0, 0.1) is 0 Å². The summed E-state index contributed by atoms with van der Waals surface area (Å²) in [5.41, 5.74) is 7.04. The first-order chi connectivity index (χ1) is 9.70. The quantitative estimate of drug-likeness (QED) is 0.778. The maximum Gasteiger partial charge on any atom is 0.267 e. The van der Waals surface area contributed by atoms with E-state index in [0.717, 1.165) is 26.1 Å². The Morgan fingerprint density at radius 3 is 2.80 bits per heavy atom. The van der Waals surface area contributed by atoms with Gasteiger partial charge >= 0.3 is 0 Å². The molecule has 1 saturated heterocycles. The van der Waals surface area contributed by atoms with Crippen LogP contribution in [0.1, 0.15) is 43.1 Å². The molecule has 1 aromatic heterocycles. The lowest BCUT2D eigenvalue weighted by molar-refractivity contribution is 0.0942. The highest BCUT2D eigenvalue weighted by molar-refractivity contribution is 5.93. The van der Waals surface area contributed by atoms with Gasteiger partial charge in [0.15, 0.2) is 0 Å². The van der Waals surface area contributed by atoms with Gasteiger partial charge in [0.1, 0.15) is 5.69 Å². The Kier molecular flexibility index (Phi) is 5.47. The predicted octanol–water partition coefficient (Wildman–Crippen LogP) is 1.70. The van der Waals surface area contributed by atoms with E-state index in [4.69, 9.17) is 5.73 Å². The van der Waals surface area contributed by atoms with Crippen molar-refractivity contribution in [1.82, 2.24) is 14.8 Å². The molecule has 0 unspecified atom stereocenters. The minimum Gasteiger partial charge on any atom is -0.397 e. The maximum absolute atomic E-state index is 12.1. The van der Waals surface area contributed by atoms with E-state index >= 15 is 0 Å². The molecule has 0 aliphatic carbocycles. The lowest BCUT2D eigenvalue weighted by Gasteiger charge is -2.26. The van der Waals surface area contributed by atoms with Crippen LogP contribution in [0.15, 0.2) is 12.3 Å². The smallest absolute Gasteiger partial charge is 0.267 e. The number of aromatic nitrogens is 1. The molecule has 2 heterocycles. The number of carbonyl (C=O) groups is 1. The van der Waals surface area contributed by atoms with Crippen LogP contribution in [0.4, 0.5) is 5.69 Å². The van der Waals surface area contributed by atoms with Gasteiger partial charge in [-0.05, 0) is 51.9 Å². The third-order valence-electron chi connectivity index (χ3n) is 3.88. The van der Waals surface area contributed by atoms with Gasteiger partial charge in [0.2, 0.25) is 0 Å². The van der Waals surface area contributed by atoms with E-state index in [1.54, 1.807) is 6.07 Å². The number of nitrogens with zero attached hydrogens (tertiary/aromatic N) is 2. The number of piperidine rings is 1. The predicted molar refractivity (Wildman–Crippen MR) is 81.8 cm³/mol. The molecule has 1 aliphatic rings. The molecule has 1 aromatic rings. The van der Waals surface area contributed by atoms with Crippen molar-refractivity contribution in [2.24, 2.45) is 0 Å². The Balaban J connectivity index is 1.71. The first-order valence-corrected chi connectivity index (χ1v) is 7.67. The number of nitrogens with one attached hydrogen (secondary N) is 1. The SMILES string of the molecule is CCn1cc(N)cc1C(=O)NCCCN1CCCCC1. The van der Waals surface area contributed by atoms with E-state index in [-0.39, 0.29) is 5.91 Å². The Bertz CT molecular complexity index is 435. The van der Waals surface area contributed by atoms with E-state index in [1.165, 1.54) is 32.4 Å². The molecule has 5 nitrogen and oxygen atoms in total. The second-order valence-corrected chi connectivity index (χ2v) is 5.46. The average Bonchev–Trinajstić information content (AvgIpc) is 2.86. The fourth-order valence-electron chi connectivity index (χ4n) is 2.76. The second-order valence-electron chi connectivity index (χ2n) is 5.46. The van der Waals surface area contributed by atoms with Crippen molar-refractivity contribution < 1.29 is 4.79 Å². The number of hydrogen-bond donors (Lipinski definition) is 2. The molecule has 2 rings (SSSR count). The summed E-state index contributed by atoms with van der Waals surface area (Å²) in [4.78, 5) is 14.6. The molecule has 0 bridgehead atoms. The lowest BCUT2D eigenvalue weighted by atomic mass is 10.1. The Morgan fingerprint density at radius 2 is 2.10 bits per heavy atom. The summed E-state index contributed by atoms with van der Waals surface area (Å²) in [6, 6.07) is 1.74. The van der Waals surface area contributed by atoms with Gasteiger partial charge in [0.25, 0.3) is 5.91 Å². The van der Waals surface area contributed by atoms with E-state index in [2.05, 4.69) is 10.2 Å². The highest BCUT2D eigenvalue weighted by atomic mass is 16.1. The van der Waals surface area contributed by atoms with E-state index in [0.29, 0.717) is 11.4 Å². The second kappa shape index (κ2) is 7.33. The minimum absolute atomic E-state index is 0.0257. The number of hydrogen-bond acceptors (Lipinski definition) is 3. The standard InChI is InChI=1S/C15H26N4O/c1-2-19-12-13(16)11-14(19)15(20)17-7-6-10-18-8-4-3-5-9-18/h11-12H,2-10,16H2,1H3,(H,17,20). The number of aryl methyl sites for hydroxylation is 1. The van der Waals surface area contributed by atoms with Gasteiger partial charge in [0, 0.05) is 19.3 Å². The number of likely N-dealkylation sites (tertiary alicyclic amines) is 1. The molecule has 112 valence electrons. The fourth-order valence-corrected chi connectivity index (χ4v) is 2.76. The Hall–Kier alpha value is -1.49. The van der Waals surface area contributed by atoms with Crippen molar-refractivity contribution in [2.75, 3.05) is 31.9 Å². The third kappa shape index (κ3) is 4.00. The van der Waals surface area contributed by atoms with E-state index in [9.17, 15) is 4.79 Å². The molecule has 0 spiro atoms. The summed E-state index contributed by atoms with van der Waals surface area (Å²) in [5, 5.41) is 2.98. The van der Waals surface area contributed by atoms with Crippen LogP contribution in [0.2, 0.25) is 0 Å². The fraction of sp³-hybridized carbons (Fsp3) is 0.667. The van der Waals surface area contributed by atoms with Crippen molar-refractivity contribution in [2.45, 2.75) is 39.2 Å². The van der Waals surface area contributed by atoms with Crippen molar-refractivity contribution in [3.63, 3.8) is 0 Å². The van der Waals surface area contributed by atoms with Crippen LogP contribution in [0.25, 0.3) is 0 Å². The van der Waals surface area contributed by atoms with Gasteiger partial charge in [-0.15, -0.1) is 0 Å². The average molecular weight is 278 g/mol. The van der Waals surface area contributed by atoms with Crippen LogP contribution < -0.4 is 11.1 Å². The molecule has 1 fully saturated rings. The number of nitrogens with two attached hydrogens (primary N) is 1. The third-order valence-corrected chi connectivity index (χ3v) is 3.88. The normalized spacial score (nSPS) is 16.2. The zero-order chi connectivity index (χ0) is 14.4. The monoisotopic (exact) mass is 278 g/mol. The first kappa shape index (κ1) is 14.9. The Labute approximate surface area is 121 Å². The van der Waals surface area contributed by atoms with Crippen LogP contribution in [-0.2, 0) is 6.54 Å². The molecule has 1 amide bonds. The number of anilines is 1. The van der Waals surface area contributed by atoms with E-state index in [1.807, 2.05) is 17.7 Å². The summed E-state index contributed by atoms with van der Waals surface area (Å²) in [6.45, 7) is 6.99. The number of carbonyl (C=O) groups excluding carboxylic acids is 1. The van der Waals surface area contributed by atoms with Crippen LogP contribution in [0.3, 0.4) is 0 Å². The largest absolute Gasteiger partial charge is 0.397 e. The van der Waals surface area contributed by atoms with Gasteiger partial charge < -0.3 is 20.5 Å². The highest BCUT2D eigenvalue weighted by Gasteiger charge is 2.12. The summed E-state index contributed by atoms with van der Waals surface area (Å²) >= 11 is 0. The molecule has 0 radical (unpaired) electrons. The van der Waals surface area contributed by atoms with Gasteiger partial charge in [-0.1, -0.05) is 6.42 Å². The zero-order valence-corrected chi connectivity index (χ0v) is 12.4. The number of rotatable bonds is 6. The van der Waals surface area contributed by atoms with Crippen molar-refractivity contribution >= 4 is 11.6 Å². The van der Waals surface area contributed by atoms with Crippen LogP contribution in [-0.4, -0.2) is 41.6 Å². The topological polar surface area (TPSA) is 63.3 Å². The van der Waals surface area contributed by atoms with Gasteiger partial charge in [0.05, 0.1) is 5.69 Å². The summed E-state index contributed by atoms with van der Waals surface area (Å²) in [7, 11) is 0. The molecular formula is C15H26N4O. The van der Waals surface area contributed by atoms with Gasteiger partial charge in [-0.3, -0.25) is 4.79 Å². The molecule has 0 atom stereocenters. The maximum atomic E-state index is 12.1. The number of amides is 1. The molecule has 5 heteroatoms. The molecular weight excluding hydrogens is 252 g/mol. The van der Waals surface area contributed by atoms with Crippen LogP contribution in [0.5, 0.6) is 0 Å². The van der Waals surface area contributed by atoms with Crippen molar-refractivity contribution in [3.8, 4) is 0 Å². The van der Waals surface area contributed by atoms with Crippen molar-refractivity contribution in [3.05, 3.63) is 18.0 Å². The van der Waals surface area contributed by atoms with Gasteiger partial charge in [-0.2, -0.15) is 0 Å². The van der Waals surface area contributed by atoms with Gasteiger partial charge in [-0.25, -0.2) is 0 Å². The molecule has 0 aromatic carbocycles. The van der Waals surface area contributed by atoms with E-state index < -0.39 is 0 Å². The highest BCUT2D eigenvalue weighted by Crippen LogP contribution is 2.11.